The minimum Gasteiger partial charge on any atom is -0.505 e. The number of aromatic hydroxyl groups is 1. The van der Waals surface area contributed by atoms with Crippen molar-refractivity contribution in [2.45, 2.75) is 43.3 Å². The van der Waals surface area contributed by atoms with Gasteiger partial charge >= 0.3 is 0 Å². The highest BCUT2D eigenvalue weighted by molar-refractivity contribution is 7.91. The molecule has 1 aromatic heterocycles. The topological polar surface area (TPSA) is 132 Å². The van der Waals surface area contributed by atoms with Crippen molar-refractivity contribution < 1.29 is 23.3 Å². The highest BCUT2D eigenvalue weighted by Gasteiger charge is 2.50. The molecule has 150 valence electrons. The number of phenolic OH excluding ortho intramolecular Hbond substituents is 1. The van der Waals surface area contributed by atoms with Crippen LogP contribution in [0.25, 0.3) is 0 Å². The molecule has 1 heterocycles. The van der Waals surface area contributed by atoms with Crippen LogP contribution in [0.4, 0.5) is 5.69 Å². The summed E-state index contributed by atoms with van der Waals surface area (Å²) in [7, 11) is -3.14. The minimum atomic E-state index is -3.14. The summed E-state index contributed by atoms with van der Waals surface area (Å²) in [4.78, 5) is 24.2. The normalized spacial score (nSPS) is 22.4. The van der Waals surface area contributed by atoms with Crippen LogP contribution in [-0.4, -0.2) is 39.2 Å². The van der Waals surface area contributed by atoms with Crippen LogP contribution in [0, 0.1) is 11.7 Å². The molecule has 0 saturated heterocycles. The summed E-state index contributed by atoms with van der Waals surface area (Å²) in [5.41, 5.74) is 0.152. The van der Waals surface area contributed by atoms with E-state index in [9.17, 15) is 18.9 Å². The zero-order chi connectivity index (χ0) is 20.6. The Morgan fingerprint density at radius 1 is 1.21 bits per heavy atom. The van der Waals surface area contributed by atoms with Crippen molar-refractivity contribution in [1.29, 1.82) is 4.78 Å². The quantitative estimate of drug-likeness (QED) is 0.410. The van der Waals surface area contributed by atoms with E-state index < -0.39 is 33.4 Å². The standard InChI is InChI=1S/C19H23N3O5S/c1-4-11(13-9-8-10(2)27-13)21-15-16(19(25)18(15)24)22-12-6-5-7-14(17(12)23)28(3,20)26/h5-9,11,15-16,20-23H,4H2,1-3H3/t11-,15?,16?,28?/m1/s1. The van der Waals surface area contributed by atoms with Crippen LogP contribution in [0.1, 0.15) is 30.9 Å². The number of anilines is 1. The van der Waals surface area contributed by atoms with Crippen LogP contribution in [0.5, 0.6) is 5.75 Å². The zero-order valence-electron chi connectivity index (χ0n) is 15.8. The van der Waals surface area contributed by atoms with Crippen molar-refractivity contribution in [2.75, 3.05) is 11.6 Å². The smallest absolute Gasteiger partial charge is 0.224 e. The summed E-state index contributed by atoms with van der Waals surface area (Å²) in [6.45, 7) is 3.76. The fourth-order valence-electron chi connectivity index (χ4n) is 3.21. The van der Waals surface area contributed by atoms with Crippen LogP contribution < -0.4 is 10.6 Å². The number of furan rings is 1. The van der Waals surface area contributed by atoms with Gasteiger partial charge in [-0.1, -0.05) is 13.0 Å². The van der Waals surface area contributed by atoms with Crippen molar-refractivity contribution in [3.05, 3.63) is 41.9 Å². The Kier molecular flexibility index (Phi) is 5.31. The van der Waals surface area contributed by atoms with Gasteiger partial charge in [-0.05, 0) is 37.6 Å². The van der Waals surface area contributed by atoms with E-state index in [1.807, 2.05) is 26.0 Å². The van der Waals surface area contributed by atoms with Gasteiger partial charge in [0.1, 0.15) is 23.6 Å². The molecule has 1 aliphatic rings. The molecule has 4 atom stereocenters. The summed E-state index contributed by atoms with van der Waals surface area (Å²) in [5, 5.41) is 16.3. The van der Waals surface area contributed by atoms with Gasteiger partial charge in [0.05, 0.1) is 26.4 Å². The molecule has 1 fully saturated rings. The molecule has 0 spiro atoms. The second-order valence-corrected chi connectivity index (χ2v) is 9.03. The minimum absolute atomic E-state index is 0.0300. The van der Waals surface area contributed by atoms with E-state index in [0.29, 0.717) is 12.2 Å². The summed E-state index contributed by atoms with van der Waals surface area (Å²) in [6.07, 6.45) is 1.85. The Bertz CT molecular complexity index is 1030. The molecule has 3 unspecified atom stereocenters. The number of nitrogens with one attached hydrogen (secondary N) is 3. The Balaban J connectivity index is 1.82. The van der Waals surface area contributed by atoms with E-state index in [1.54, 1.807) is 0 Å². The number of hydrogen-bond acceptors (Lipinski definition) is 8. The first-order valence-electron chi connectivity index (χ1n) is 8.86. The fraction of sp³-hybridized carbons (Fsp3) is 0.368. The lowest BCUT2D eigenvalue weighted by atomic mass is 9.82. The second kappa shape index (κ2) is 7.40. The molecule has 1 aromatic carbocycles. The third kappa shape index (κ3) is 3.67. The summed E-state index contributed by atoms with van der Waals surface area (Å²) in [6, 6.07) is 6.17. The maximum atomic E-state index is 12.1. The van der Waals surface area contributed by atoms with E-state index in [0.717, 1.165) is 5.76 Å². The molecular formula is C19H23N3O5S. The number of phenols is 1. The molecule has 4 N–H and O–H groups in total. The average Bonchev–Trinajstić information content (AvgIpc) is 3.07. The molecule has 2 aromatic rings. The van der Waals surface area contributed by atoms with Gasteiger partial charge in [0.2, 0.25) is 11.6 Å². The van der Waals surface area contributed by atoms with Gasteiger partial charge in [0, 0.05) is 6.26 Å². The predicted molar refractivity (Wildman–Crippen MR) is 104 cm³/mol. The van der Waals surface area contributed by atoms with Crippen molar-refractivity contribution in [3.63, 3.8) is 0 Å². The summed E-state index contributed by atoms with van der Waals surface area (Å²) < 4.78 is 25.3. The lowest BCUT2D eigenvalue weighted by Crippen LogP contribution is -2.67. The lowest BCUT2D eigenvalue weighted by molar-refractivity contribution is -0.145. The van der Waals surface area contributed by atoms with Crippen LogP contribution in [-0.2, 0) is 19.3 Å². The van der Waals surface area contributed by atoms with E-state index in [1.165, 1.54) is 24.5 Å². The molecule has 28 heavy (non-hydrogen) atoms. The van der Waals surface area contributed by atoms with Crippen LogP contribution in [0.3, 0.4) is 0 Å². The number of carbonyl (C=O) groups excluding carboxylic acids is 2. The highest BCUT2D eigenvalue weighted by Crippen LogP contribution is 2.33. The Morgan fingerprint density at radius 2 is 1.89 bits per heavy atom. The van der Waals surface area contributed by atoms with Gasteiger partial charge in [0.15, 0.2) is 5.75 Å². The number of Topliss-reactive ketones (excluding diaryl/α,β-unsaturated/α-hetero) is 2. The molecule has 1 saturated carbocycles. The van der Waals surface area contributed by atoms with Gasteiger partial charge in [-0.2, -0.15) is 0 Å². The number of aryl methyl sites for hydroxylation is 1. The van der Waals surface area contributed by atoms with Crippen LogP contribution >= 0.6 is 0 Å². The number of carbonyl (C=O) groups is 2. The van der Waals surface area contributed by atoms with Gasteiger partial charge in [-0.15, -0.1) is 0 Å². The summed E-state index contributed by atoms with van der Waals surface area (Å²) in [5.74, 6) is -0.0768. The van der Waals surface area contributed by atoms with Crippen molar-refractivity contribution in [3.8, 4) is 5.75 Å². The van der Waals surface area contributed by atoms with Gasteiger partial charge < -0.3 is 14.8 Å². The Hall–Kier alpha value is -2.65. The Labute approximate surface area is 163 Å². The molecule has 8 nitrogen and oxygen atoms in total. The number of benzene rings is 1. The van der Waals surface area contributed by atoms with Crippen molar-refractivity contribution >= 4 is 27.0 Å². The number of rotatable bonds is 7. The maximum Gasteiger partial charge on any atom is 0.224 e. The first-order valence-corrected chi connectivity index (χ1v) is 10.8. The van der Waals surface area contributed by atoms with Crippen LogP contribution in [0.15, 0.2) is 39.6 Å². The van der Waals surface area contributed by atoms with Crippen molar-refractivity contribution in [2.24, 2.45) is 0 Å². The van der Waals surface area contributed by atoms with E-state index in [2.05, 4.69) is 10.6 Å². The van der Waals surface area contributed by atoms with E-state index in [-0.39, 0.29) is 22.4 Å². The lowest BCUT2D eigenvalue weighted by Gasteiger charge is -2.37. The molecule has 1 aliphatic carbocycles. The number of hydrogen-bond donors (Lipinski definition) is 4. The number of para-hydroxylation sites is 1. The first kappa shape index (κ1) is 20.1. The first-order chi connectivity index (χ1) is 13.1. The van der Waals surface area contributed by atoms with Gasteiger partial charge in [-0.3, -0.25) is 14.9 Å². The van der Waals surface area contributed by atoms with E-state index in [4.69, 9.17) is 9.20 Å². The van der Waals surface area contributed by atoms with Crippen LogP contribution in [0.2, 0.25) is 0 Å². The van der Waals surface area contributed by atoms with Gasteiger partial charge in [-0.25, -0.2) is 8.99 Å². The molecule has 0 radical (unpaired) electrons. The zero-order valence-corrected chi connectivity index (χ0v) is 16.6. The third-order valence-electron chi connectivity index (χ3n) is 4.76. The fourth-order valence-corrected chi connectivity index (χ4v) is 4.03. The highest BCUT2D eigenvalue weighted by atomic mass is 32.2. The third-order valence-corrected chi connectivity index (χ3v) is 5.93. The molecule has 0 amide bonds. The Morgan fingerprint density at radius 3 is 2.46 bits per heavy atom. The van der Waals surface area contributed by atoms with E-state index >= 15 is 0 Å². The molecule has 0 aliphatic heterocycles. The van der Waals surface area contributed by atoms with Crippen molar-refractivity contribution in [1.82, 2.24) is 5.32 Å². The monoisotopic (exact) mass is 405 g/mol. The largest absolute Gasteiger partial charge is 0.505 e. The second-order valence-electron chi connectivity index (χ2n) is 6.90. The molecular weight excluding hydrogens is 382 g/mol. The predicted octanol–water partition coefficient (Wildman–Crippen LogP) is 2.37. The molecule has 3 rings (SSSR count). The SMILES string of the molecule is CC[C@@H](NC1C(=O)C(=O)C1Nc1cccc(S(C)(=N)=O)c1O)c1ccc(C)o1. The molecule has 0 bridgehead atoms. The maximum absolute atomic E-state index is 12.1. The number of ketones is 2. The molecule has 9 heteroatoms. The van der Waals surface area contributed by atoms with Gasteiger partial charge in [0.25, 0.3) is 0 Å². The average molecular weight is 405 g/mol. The summed E-state index contributed by atoms with van der Waals surface area (Å²) >= 11 is 0.